The maximum Gasteiger partial charge on any atom is -0.0276 e. The predicted octanol–water partition coefficient (Wildman–Crippen LogP) is 5.32. The number of unbranched alkanes of at least 4 members (excludes halogenated alkanes) is 2. The minimum Gasteiger partial charge on any atom is -0.0654 e. The van der Waals surface area contributed by atoms with Crippen LogP contribution in [0.4, 0.5) is 0 Å². The molecule has 0 atom stereocenters. The van der Waals surface area contributed by atoms with Crippen LogP contribution < -0.4 is 0 Å². The molecule has 0 bridgehead atoms. The van der Waals surface area contributed by atoms with Gasteiger partial charge in [-0.25, -0.2) is 0 Å². The van der Waals surface area contributed by atoms with Crippen molar-refractivity contribution in [1.29, 1.82) is 0 Å². The molecule has 0 nitrogen and oxygen atoms in total. The molecule has 0 amide bonds. The zero-order valence-electron chi connectivity index (χ0n) is 11.9. The summed E-state index contributed by atoms with van der Waals surface area (Å²) in [6, 6.07) is 6.93. The van der Waals surface area contributed by atoms with Crippen molar-refractivity contribution < 1.29 is 0 Å². The van der Waals surface area contributed by atoms with Gasteiger partial charge >= 0.3 is 0 Å². The first-order valence-electron chi connectivity index (χ1n) is 7.43. The number of hydrogen-bond acceptors (Lipinski definition) is 0. The molecule has 1 rings (SSSR count). The predicted molar refractivity (Wildman–Crippen MR) is 77.7 cm³/mol. The fourth-order valence-corrected chi connectivity index (χ4v) is 2.56. The summed E-state index contributed by atoms with van der Waals surface area (Å²) in [5, 5.41) is 0. The third-order valence-electron chi connectivity index (χ3n) is 3.44. The first-order valence-corrected chi connectivity index (χ1v) is 7.43. The first-order chi connectivity index (χ1) is 8.33. The van der Waals surface area contributed by atoms with Gasteiger partial charge in [-0.15, -0.1) is 0 Å². The topological polar surface area (TPSA) is 0 Å². The average Bonchev–Trinajstić information content (AvgIpc) is 2.33. The van der Waals surface area contributed by atoms with Crippen LogP contribution in [0.1, 0.15) is 69.6 Å². The number of aryl methyl sites for hydroxylation is 2. The first kappa shape index (κ1) is 14.3. The van der Waals surface area contributed by atoms with Gasteiger partial charge in [0.25, 0.3) is 0 Å². The number of benzene rings is 1. The van der Waals surface area contributed by atoms with E-state index in [0.29, 0.717) is 0 Å². The molecule has 1 aromatic carbocycles. The van der Waals surface area contributed by atoms with Crippen molar-refractivity contribution in [3.8, 4) is 0 Å². The van der Waals surface area contributed by atoms with Crippen LogP contribution in [0.15, 0.2) is 18.2 Å². The third kappa shape index (κ3) is 4.53. The van der Waals surface area contributed by atoms with Gasteiger partial charge in [0.1, 0.15) is 0 Å². The molecule has 0 aliphatic heterocycles. The second-order valence-electron chi connectivity index (χ2n) is 5.01. The highest BCUT2D eigenvalue weighted by Crippen LogP contribution is 2.20. The lowest BCUT2D eigenvalue weighted by molar-refractivity contribution is 0.709. The van der Waals surface area contributed by atoms with E-state index in [-0.39, 0.29) is 0 Å². The standard InChI is InChI=1S/C17H28/c1-4-7-8-12-16-14-9-13-15(10-5-2)17(16)11-6-3/h9,13-14H,4-8,10-12H2,1-3H3. The van der Waals surface area contributed by atoms with E-state index >= 15 is 0 Å². The summed E-state index contributed by atoms with van der Waals surface area (Å²) < 4.78 is 0. The van der Waals surface area contributed by atoms with Crippen molar-refractivity contribution in [2.75, 3.05) is 0 Å². The Morgan fingerprint density at radius 3 is 1.94 bits per heavy atom. The van der Waals surface area contributed by atoms with Gasteiger partial charge in [-0.1, -0.05) is 64.7 Å². The monoisotopic (exact) mass is 232 g/mol. The summed E-state index contributed by atoms with van der Waals surface area (Å²) >= 11 is 0. The number of hydrogen-bond donors (Lipinski definition) is 0. The Morgan fingerprint density at radius 2 is 1.35 bits per heavy atom. The summed E-state index contributed by atoms with van der Waals surface area (Å²) in [6.45, 7) is 6.85. The molecule has 0 aromatic heterocycles. The van der Waals surface area contributed by atoms with Crippen LogP contribution in [0, 0.1) is 0 Å². The Bertz CT molecular complexity index is 312. The molecule has 1 aromatic rings. The molecule has 17 heavy (non-hydrogen) atoms. The summed E-state index contributed by atoms with van der Waals surface area (Å²) in [7, 11) is 0. The van der Waals surface area contributed by atoms with E-state index in [1.54, 1.807) is 16.7 Å². The highest BCUT2D eigenvalue weighted by atomic mass is 14.1. The Morgan fingerprint density at radius 1 is 0.706 bits per heavy atom. The SMILES string of the molecule is CCCCCc1cccc(CCC)c1CCC. The minimum absolute atomic E-state index is 1.25. The van der Waals surface area contributed by atoms with Crippen LogP contribution in [0.25, 0.3) is 0 Å². The van der Waals surface area contributed by atoms with Gasteiger partial charge in [0.05, 0.1) is 0 Å². The maximum atomic E-state index is 2.35. The molecule has 0 aliphatic carbocycles. The van der Waals surface area contributed by atoms with E-state index in [4.69, 9.17) is 0 Å². The van der Waals surface area contributed by atoms with Gasteiger partial charge in [-0.2, -0.15) is 0 Å². The molecule has 0 saturated heterocycles. The quantitative estimate of drug-likeness (QED) is 0.532. The lowest BCUT2D eigenvalue weighted by Crippen LogP contribution is -2.00. The second kappa shape index (κ2) is 8.33. The van der Waals surface area contributed by atoms with E-state index in [1.165, 1.54) is 51.4 Å². The van der Waals surface area contributed by atoms with E-state index < -0.39 is 0 Å². The Hall–Kier alpha value is -0.780. The van der Waals surface area contributed by atoms with Crippen molar-refractivity contribution in [2.24, 2.45) is 0 Å². The molecule has 0 N–H and O–H groups in total. The molecule has 0 unspecified atom stereocenters. The third-order valence-corrected chi connectivity index (χ3v) is 3.44. The van der Waals surface area contributed by atoms with Crippen molar-refractivity contribution >= 4 is 0 Å². The van der Waals surface area contributed by atoms with Gasteiger partial charge < -0.3 is 0 Å². The van der Waals surface area contributed by atoms with Crippen LogP contribution in [-0.4, -0.2) is 0 Å². The lowest BCUT2D eigenvalue weighted by Gasteiger charge is -2.14. The van der Waals surface area contributed by atoms with Crippen molar-refractivity contribution in [1.82, 2.24) is 0 Å². The number of rotatable bonds is 8. The van der Waals surface area contributed by atoms with E-state index in [2.05, 4.69) is 39.0 Å². The molecule has 0 saturated carbocycles. The molecule has 0 heterocycles. The minimum atomic E-state index is 1.25. The largest absolute Gasteiger partial charge is 0.0654 e. The molecular weight excluding hydrogens is 204 g/mol. The Labute approximate surface area is 107 Å². The van der Waals surface area contributed by atoms with Crippen LogP contribution >= 0.6 is 0 Å². The fourth-order valence-electron chi connectivity index (χ4n) is 2.56. The molecular formula is C17H28. The summed E-state index contributed by atoms with van der Waals surface area (Å²) in [6.07, 6.45) is 10.3. The molecule has 96 valence electrons. The molecule has 0 heteroatoms. The Balaban J connectivity index is 2.81. The van der Waals surface area contributed by atoms with Crippen LogP contribution in [0.3, 0.4) is 0 Å². The van der Waals surface area contributed by atoms with Gasteiger partial charge in [-0.3, -0.25) is 0 Å². The fraction of sp³-hybridized carbons (Fsp3) is 0.647. The van der Waals surface area contributed by atoms with Crippen LogP contribution in [0.5, 0.6) is 0 Å². The van der Waals surface area contributed by atoms with Crippen LogP contribution in [0.2, 0.25) is 0 Å². The normalized spacial score (nSPS) is 10.8. The highest BCUT2D eigenvalue weighted by Gasteiger charge is 2.06. The van der Waals surface area contributed by atoms with Crippen molar-refractivity contribution in [3.63, 3.8) is 0 Å². The van der Waals surface area contributed by atoms with Crippen LogP contribution in [-0.2, 0) is 19.3 Å². The summed E-state index contributed by atoms with van der Waals surface area (Å²) in [5.41, 5.74) is 4.88. The van der Waals surface area contributed by atoms with E-state index in [1.807, 2.05) is 0 Å². The van der Waals surface area contributed by atoms with Crippen molar-refractivity contribution in [3.05, 3.63) is 34.9 Å². The zero-order chi connectivity index (χ0) is 12.5. The Kier molecular flexibility index (Phi) is 7.00. The summed E-state index contributed by atoms with van der Waals surface area (Å²) in [4.78, 5) is 0. The molecule has 0 spiro atoms. The van der Waals surface area contributed by atoms with Gasteiger partial charge in [-0.05, 0) is 42.4 Å². The summed E-state index contributed by atoms with van der Waals surface area (Å²) in [5.74, 6) is 0. The van der Waals surface area contributed by atoms with Gasteiger partial charge in [0.2, 0.25) is 0 Å². The maximum absolute atomic E-state index is 2.35. The van der Waals surface area contributed by atoms with E-state index in [0.717, 1.165) is 0 Å². The highest BCUT2D eigenvalue weighted by molar-refractivity contribution is 5.35. The van der Waals surface area contributed by atoms with E-state index in [9.17, 15) is 0 Å². The zero-order valence-corrected chi connectivity index (χ0v) is 11.9. The molecule has 0 aliphatic rings. The average molecular weight is 232 g/mol. The molecule has 0 radical (unpaired) electrons. The van der Waals surface area contributed by atoms with Gasteiger partial charge in [0, 0.05) is 0 Å². The molecule has 0 fully saturated rings. The van der Waals surface area contributed by atoms with Gasteiger partial charge in [0.15, 0.2) is 0 Å². The smallest absolute Gasteiger partial charge is 0.0276 e. The second-order valence-corrected chi connectivity index (χ2v) is 5.01. The lowest BCUT2D eigenvalue weighted by atomic mass is 9.92. The van der Waals surface area contributed by atoms with Crippen molar-refractivity contribution in [2.45, 2.75) is 72.1 Å².